The third-order valence-electron chi connectivity index (χ3n) is 1.11. The van der Waals surface area contributed by atoms with Crippen molar-refractivity contribution >= 4 is 16.3 Å². The molecule has 0 bridgehead atoms. The van der Waals surface area contributed by atoms with Crippen LogP contribution in [0.5, 0.6) is 0 Å². The summed E-state index contributed by atoms with van der Waals surface area (Å²) >= 11 is 0. The lowest BCUT2D eigenvalue weighted by atomic mass is 10.4. The summed E-state index contributed by atoms with van der Waals surface area (Å²) in [5.74, 6) is -0.376. The van der Waals surface area contributed by atoms with Crippen LogP contribution in [0.3, 0.4) is 0 Å². The van der Waals surface area contributed by atoms with Crippen molar-refractivity contribution in [3.05, 3.63) is 12.3 Å². The molecule has 1 aliphatic heterocycles. The van der Waals surface area contributed by atoms with Gasteiger partial charge in [-0.2, -0.15) is 8.42 Å². The predicted octanol–water partition coefficient (Wildman–Crippen LogP) is -2.15. The Labute approximate surface area is 80.7 Å². The quantitative estimate of drug-likeness (QED) is 0.320. The smallest absolute Gasteiger partial charge is 0.368 e. The number of primary amides is 1. The molecule has 0 aromatic heterocycles. The number of hydrogen-bond acceptors (Lipinski definition) is 5. The fraction of sp³-hybridized carbons (Fsp3) is 0.400. The second-order valence-electron chi connectivity index (χ2n) is 2.26. The van der Waals surface area contributed by atoms with Gasteiger partial charge < -0.3 is 11.1 Å². The van der Waals surface area contributed by atoms with E-state index in [0.29, 0.717) is 6.54 Å². The molecule has 82 valence electrons. The minimum Gasteiger partial charge on any atom is -0.368 e. The molecule has 1 atom stereocenters. The second kappa shape index (κ2) is 5.54. The third kappa shape index (κ3) is 8.93. The second-order valence-corrected chi connectivity index (χ2v) is 3.16. The first kappa shape index (κ1) is 12.8. The third-order valence-corrected chi connectivity index (χ3v) is 1.11. The molecular weight excluding hydrogens is 214 g/mol. The summed E-state index contributed by atoms with van der Waals surface area (Å²) in [7, 11) is -4.67. The van der Waals surface area contributed by atoms with Crippen LogP contribution in [0.15, 0.2) is 12.3 Å². The van der Waals surface area contributed by atoms with Crippen molar-refractivity contribution in [2.75, 3.05) is 6.54 Å². The monoisotopic (exact) mass is 225 g/mol. The molecule has 1 amide bonds. The fourth-order valence-corrected chi connectivity index (χ4v) is 0.651. The zero-order chi connectivity index (χ0) is 11.2. The topological polar surface area (TPSA) is 142 Å². The van der Waals surface area contributed by atoms with Crippen LogP contribution in [0.25, 0.3) is 0 Å². The van der Waals surface area contributed by atoms with Gasteiger partial charge in [-0.25, -0.2) is 0 Å². The molecule has 1 heterocycles. The van der Waals surface area contributed by atoms with E-state index in [2.05, 4.69) is 10.6 Å². The summed E-state index contributed by atoms with van der Waals surface area (Å²) in [4.78, 5) is 10.4. The maximum Gasteiger partial charge on any atom is 0.394 e. The van der Waals surface area contributed by atoms with E-state index in [1.54, 1.807) is 6.20 Å². The average Bonchev–Trinajstić information content (AvgIpc) is 2.03. The molecule has 0 saturated heterocycles. The Kier molecular flexibility index (Phi) is 5.09. The van der Waals surface area contributed by atoms with Crippen LogP contribution in [0.2, 0.25) is 0 Å². The Hall–Kier alpha value is -1.16. The van der Waals surface area contributed by atoms with Gasteiger partial charge in [0.15, 0.2) is 6.17 Å². The number of carbonyl (C=O) groups excluding carboxylic acids is 1. The molecule has 0 saturated carbocycles. The Balaban J connectivity index is 0.000000292. The number of amides is 1. The van der Waals surface area contributed by atoms with Crippen LogP contribution >= 0.6 is 0 Å². The van der Waals surface area contributed by atoms with Crippen molar-refractivity contribution in [1.29, 1.82) is 0 Å². The maximum absolute atomic E-state index is 10.4. The molecule has 6 N–H and O–H groups in total. The lowest BCUT2D eigenvalue weighted by Crippen LogP contribution is -2.51. The van der Waals surface area contributed by atoms with Gasteiger partial charge in [-0.05, 0) is 6.20 Å². The van der Waals surface area contributed by atoms with E-state index in [1.807, 2.05) is 6.08 Å². The van der Waals surface area contributed by atoms with Gasteiger partial charge in [0.25, 0.3) is 5.91 Å². The van der Waals surface area contributed by atoms with Crippen molar-refractivity contribution in [1.82, 2.24) is 10.6 Å². The maximum atomic E-state index is 10.4. The summed E-state index contributed by atoms with van der Waals surface area (Å²) in [6, 6.07) is 0. The van der Waals surface area contributed by atoms with E-state index in [4.69, 9.17) is 23.3 Å². The van der Waals surface area contributed by atoms with Crippen LogP contribution in [0, 0.1) is 0 Å². The number of nitrogens with one attached hydrogen (secondary N) is 2. The number of hydrogen-bond donors (Lipinski definition) is 5. The molecule has 1 rings (SSSR count). The van der Waals surface area contributed by atoms with Gasteiger partial charge in [0, 0.05) is 6.54 Å². The highest BCUT2D eigenvalue weighted by Gasteiger charge is 2.12. The summed E-state index contributed by atoms with van der Waals surface area (Å²) in [6.07, 6.45) is 3.20. The van der Waals surface area contributed by atoms with E-state index in [-0.39, 0.29) is 5.91 Å². The van der Waals surface area contributed by atoms with Crippen molar-refractivity contribution < 1.29 is 22.3 Å². The first-order valence-electron chi connectivity index (χ1n) is 3.44. The van der Waals surface area contributed by atoms with E-state index < -0.39 is 16.6 Å². The largest absolute Gasteiger partial charge is 0.394 e. The van der Waals surface area contributed by atoms with Crippen molar-refractivity contribution in [2.24, 2.45) is 5.73 Å². The Morgan fingerprint density at radius 2 is 2.00 bits per heavy atom. The summed E-state index contributed by atoms with van der Waals surface area (Å²) in [6.45, 7) is 0.695. The van der Waals surface area contributed by atoms with Gasteiger partial charge in [-0.3, -0.25) is 19.2 Å². The van der Waals surface area contributed by atoms with E-state index in [9.17, 15) is 4.79 Å². The normalized spacial score (nSPS) is 20.3. The first-order chi connectivity index (χ1) is 6.30. The Morgan fingerprint density at radius 3 is 2.21 bits per heavy atom. The summed E-state index contributed by atoms with van der Waals surface area (Å²) < 4.78 is 31.6. The van der Waals surface area contributed by atoms with Crippen molar-refractivity contribution in [2.45, 2.75) is 6.17 Å². The molecule has 1 aliphatic rings. The zero-order valence-electron chi connectivity index (χ0n) is 7.04. The molecule has 0 spiro atoms. The molecule has 1 unspecified atom stereocenters. The number of nitrogens with two attached hydrogens (primary N) is 1. The molecule has 0 aliphatic carbocycles. The highest BCUT2D eigenvalue weighted by Crippen LogP contribution is 1.82. The Morgan fingerprint density at radius 1 is 1.50 bits per heavy atom. The average molecular weight is 225 g/mol. The summed E-state index contributed by atoms with van der Waals surface area (Å²) in [5.41, 5.74) is 4.97. The van der Waals surface area contributed by atoms with Crippen LogP contribution in [-0.4, -0.2) is 36.1 Å². The molecular formula is C5H11N3O5S. The molecule has 14 heavy (non-hydrogen) atoms. The van der Waals surface area contributed by atoms with Gasteiger partial charge in [0.05, 0.1) is 0 Å². The van der Waals surface area contributed by atoms with Crippen LogP contribution in [0.4, 0.5) is 0 Å². The highest BCUT2D eigenvalue weighted by atomic mass is 32.3. The van der Waals surface area contributed by atoms with Gasteiger partial charge in [-0.1, -0.05) is 6.08 Å². The molecule has 8 nitrogen and oxygen atoms in total. The molecule has 9 heteroatoms. The molecule has 0 fully saturated rings. The first-order valence-corrected chi connectivity index (χ1v) is 4.84. The minimum atomic E-state index is -4.67. The molecule has 0 radical (unpaired) electrons. The van der Waals surface area contributed by atoms with Gasteiger partial charge in [0.2, 0.25) is 0 Å². The molecule has 0 aromatic rings. The van der Waals surface area contributed by atoms with Crippen LogP contribution < -0.4 is 16.4 Å². The van der Waals surface area contributed by atoms with Gasteiger partial charge >= 0.3 is 10.4 Å². The lowest BCUT2D eigenvalue weighted by Gasteiger charge is -2.17. The predicted molar refractivity (Wildman–Crippen MR) is 47.4 cm³/mol. The highest BCUT2D eigenvalue weighted by molar-refractivity contribution is 7.79. The minimum absolute atomic E-state index is 0.376. The lowest BCUT2D eigenvalue weighted by molar-refractivity contribution is -0.120. The van der Waals surface area contributed by atoms with Crippen LogP contribution in [0.1, 0.15) is 0 Å². The van der Waals surface area contributed by atoms with E-state index in [1.165, 1.54) is 0 Å². The van der Waals surface area contributed by atoms with Gasteiger partial charge in [-0.15, -0.1) is 0 Å². The van der Waals surface area contributed by atoms with E-state index in [0.717, 1.165) is 0 Å². The zero-order valence-corrected chi connectivity index (χ0v) is 7.86. The SMILES string of the molecule is NC(=O)C1NC=CCN1.O=S(=O)(O)O. The van der Waals surface area contributed by atoms with Crippen molar-refractivity contribution in [3.8, 4) is 0 Å². The number of carbonyl (C=O) groups is 1. The standard InChI is InChI=1S/C5H9N3O.H2O4S/c6-4(9)5-7-2-1-3-8-5;1-5(2,3)4/h1-2,5,7-8H,3H2,(H2,6,9);(H2,1,2,3,4). The fourth-order valence-electron chi connectivity index (χ4n) is 0.651. The molecule has 0 aromatic carbocycles. The Bertz CT molecular complexity index is 303. The summed E-state index contributed by atoms with van der Waals surface area (Å²) in [5, 5.41) is 5.60. The van der Waals surface area contributed by atoms with Gasteiger partial charge in [0.1, 0.15) is 0 Å². The van der Waals surface area contributed by atoms with E-state index >= 15 is 0 Å². The van der Waals surface area contributed by atoms with Crippen LogP contribution in [-0.2, 0) is 15.2 Å². The number of rotatable bonds is 1. The van der Waals surface area contributed by atoms with Crippen molar-refractivity contribution in [3.63, 3.8) is 0 Å².